The summed E-state index contributed by atoms with van der Waals surface area (Å²) in [5, 5.41) is 6.86. The highest BCUT2D eigenvalue weighted by Crippen LogP contribution is 2.38. The molecule has 1 aliphatic carbocycles. The SMILES string of the molecule is CN=C(NCCN1CCN(Cc2ccccc2)CC1)NCC1(C(=O)N(C)C)CCCC1.I. The second-order valence-corrected chi connectivity index (χ2v) is 9.14. The molecule has 32 heavy (non-hydrogen) atoms. The summed E-state index contributed by atoms with van der Waals surface area (Å²) >= 11 is 0. The van der Waals surface area contributed by atoms with E-state index in [0.29, 0.717) is 6.54 Å². The summed E-state index contributed by atoms with van der Waals surface area (Å²) in [7, 11) is 5.51. The van der Waals surface area contributed by atoms with Crippen LogP contribution < -0.4 is 10.6 Å². The molecule has 1 aromatic carbocycles. The predicted octanol–water partition coefficient (Wildman–Crippen LogP) is 2.24. The van der Waals surface area contributed by atoms with Gasteiger partial charge in [0.2, 0.25) is 5.91 Å². The average molecular weight is 557 g/mol. The number of hydrogen-bond acceptors (Lipinski definition) is 4. The van der Waals surface area contributed by atoms with Crippen molar-refractivity contribution in [2.75, 3.05) is 67.0 Å². The third-order valence-corrected chi connectivity index (χ3v) is 6.67. The second kappa shape index (κ2) is 13.3. The van der Waals surface area contributed by atoms with E-state index in [2.05, 4.69) is 55.8 Å². The molecular weight excluding hydrogens is 515 g/mol. The molecule has 1 saturated heterocycles. The fourth-order valence-electron chi connectivity index (χ4n) is 4.81. The van der Waals surface area contributed by atoms with Crippen LogP contribution in [0.15, 0.2) is 35.3 Å². The first-order valence-electron chi connectivity index (χ1n) is 11.7. The van der Waals surface area contributed by atoms with Crippen molar-refractivity contribution in [3.8, 4) is 0 Å². The summed E-state index contributed by atoms with van der Waals surface area (Å²) in [5.41, 5.74) is 1.11. The molecule has 0 atom stereocenters. The van der Waals surface area contributed by atoms with E-state index in [4.69, 9.17) is 0 Å². The van der Waals surface area contributed by atoms with E-state index in [1.807, 2.05) is 14.1 Å². The van der Waals surface area contributed by atoms with Crippen molar-refractivity contribution in [2.24, 2.45) is 10.4 Å². The van der Waals surface area contributed by atoms with Gasteiger partial charge in [0, 0.05) is 73.5 Å². The first-order chi connectivity index (χ1) is 15.0. The molecule has 180 valence electrons. The molecule has 1 amide bonds. The maximum absolute atomic E-state index is 12.7. The lowest BCUT2D eigenvalue weighted by Gasteiger charge is -2.35. The Morgan fingerprint density at radius 3 is 2.25 bits per heavy atom. The van der Waals surface area contributed by atoms with E-state index in [1.54, 1.807) is 11.9 Å². The molecule has 2 aliphatic rings. The Morgan fingerprint density at radius 2 is 1.66 bits per heavy atom. The van der Waals surface area contributed by atoms with Gasteiger partial charge in [-0.25, -0.2) is 0 Å². The number of carbonyl (C=O) groups excluding carboxylic acids is 1. The Hall–Kier alpha value is -1.39. The van der Waals surface area contributed by atoms with Crippen LogP contribution in [0.1, 0.15) is 31.2 Å². The van der Waals surface area contributed by atoms with Crippen LogP contribution in [0, 0.1) is 5.41 Å². The largest absolute Gasteiger partial charge is 0.355 e. The second-order valence-electron chi connectivity index (χ2n) is 9.14. The first-order valence-corrected chi connectivity index (χ1v) is 11.7. The Morgan fingerprint density at radius 1 is 1.03 bits per heavy atom. The Kier molecular flexibility index (Phi) is 11.2. The predicted molar refractivity (Wildman–Crippen MR) is 143 cm³/mol. The van der Waals surface area contributed by atoms with Gasteiger partial charge in [-0.05, 0) is 18.4 Å². The number of aliphatic imine (C=N–C) groups is 1. The first kappa shape index (κ1) is 26.9. The summed E-state index contributed by atoms with van der Waals surface area (Å²) < 4.78 is 0. The Labute approximate surface area is 211 Å². The van der Waals surface area contributed by atoms with Crippen molar-refractivity contribution in [2.45, 2.75) is 32.2 Å². The van der Waals surface area contributed by atoms with Crippen LogP contribution >= 0.6 is 24.0 Å². The van der Waals surface area contributed by atoms with Gasteiger partial charge >= 0.3 is 0 Å². The number of piperazine rings is 1. The summed E-state index contributed by atoms with van der Waals surface area (Å²) in [6, 6.07) is 10.7. The molecule has 0 bridgehead atoms. The van der Waals surface area contributed by atoms with Gasteiger partial charge < -0.3 is 15.5 Å². The minimum absolute atomic E-state index is 0. The zero-order chi connectivity index (χ0) is 22.1. The quantitative estimate of drug-likeness (QED) is 0.292. The van der Waals surface area contributed by atoms with Gasteiger partial charge in [-0.3, -0.25) is 19.6 Å². The summed E-state index contributed by atoms with van der Waals surface area (Å²) in [6.07, 6.45) is 4.18. The number of rotatable bonds is 8. The highest BCUT2D eigenvalue weighted by molar-refractivity contribution is 14.0. The van der Waals surface area contributed by atoms with Crippen LogP contribution in [0.3, 0.4) is 0 Å². The van der Waals surface area contributed by atoms with Crippen molar-refractivity contribution >= 4 is 35.8 Å². The third kappa shape index (κ3) is 7.59. The van der Waals surface area contributed by atoms with Crippen molar-refractivity contribution in [3.05, 3.63) is 35.9 Å². The zero-order valence-electron chi connectivity index (χ0n) is 20.0. The van der Waals surface area contributed by atoms with Crippen LogP contribution in [0.25, 0.3) is 0 Å². The van der Waals surface area contributed by atoms with Gasteiger partial charge in [-0.2, -0.15) is 0 Å². The summed E-state index contributed by atoms with van der Waals surface area (Å²) in [4.78, 5) is 23.9. The molecule has 2 N–H and O–H groups in total. The molecule has 1 saturated carbocycles. The molecular formula is C24H41IN6O. The Balaban J connectivity index is 0.00000363. The van der Waals surface area contributed by atoms with Gasteiger partial charge in [-0.1, -0.05) is 43.2 Å². The summed E-state index contributed by atoms with van der Waals surface area (Å²) in [6.45, 7) is 7.96. The number of hydrogen-bond donors (Lipinski definition) is 2. The van der Waals surface area contributed by atoms with Crippen molar-refractivity contribution in [1.82, 2.24) is 25.3 Å². The highest BCUT2D eigenvalue weighted by Gasteiger charge is 2.42. The molecule has 2 fully saturated rings. The lowest BCUT2D eigenvalue weighted by atomic mass is 9.84. The lowest BCUT2D eigenvalue weighted by Crippen LogP contribution is -2.51. The molecule has 0 aromatic heterocycles. The standard InChI is InChI=1S/C24H40N6O.HI/c1-25-23(27-20-24(11-7-8-12-24)22(31)28(2)3)26-13-14-29-15-17-30(18-16-29)19-21-9-5-4-6-10-21;/h4-6,9-10H,7-8,11-20H2,1-3H3,(H2,25,26,27);1H. The van der Waals surface area contributed by atoms with Gasteiger partial charge in [0.15, 0.2) is 5.96 Å². The number of amides is 1. The van der Waals surface area contributed by atoms with Gasteiger partial charge in [0.25, 0.3) is 0 Å². The van der Waals surface area contributed by atoms with Crippen molar-refractivity contribution in [3.63, 3.8) is 0 Å². The highest BCUT2D eigenvalue weighted by atomic mass is 127. The minimum Gasteiger partial charge on any atom is -0.355 e. The van der Waals surface area contributed by atoms with Crippen molar-refractivity contribution in [1.29, 1.82) is 0 Å². The Bertz CT molecular complexity index is 712. The van der Waals surface area contributed by atoms with Gasteiger partial charge in [-0.15, -0.1) is 24.0 Å². The molecule has 0 spiro atoms. The summed E-state index contributed by atoms with van der Waals surface area (Å²) in [5.74, 6) is 1.03. The molecule has 7 nitrogen and oxygen atoms in total. The smallest absolute Gasteiger partial charge is 0.230 e. The third-order valence-electron chi connectivity index (χ3n) is 6.67. The fourth-order valence-corrected chi connectivity index (χ4v) is 4.81. The molecule has 0 unspecified atom stereocenters. The van der Waals surface area contributed by atoms with Crippen LogP contribution in [0.4, 0.5) is 0 Å². The van der Waals surface area contributed by atoms with E-state index in [-0.39, 0.29) is 35.3 Å². The maximum atomic E-state index is 12.7. The number of guanidine groups is 1. The molecule has 1 aliphatic heterocycles. The normalized spacial score (nSPS) is 19.3. The number of benzene rings is 1. The maximum Gasteiger partial charge on any atom is 0.230 e. The molecule has 3 rings (SSSR count). The minimum atomic E-state index is -0.282. The number of halogens is 1. The van der Waals surface area contributed by atoms with Crippen LogP contribution in [-0.2, 0) is 11.3 Å². The van der Waals surface area contributed by atoms with E-state index in [0.717, 1.165) is 77.5 Å². The van der Waals surface area contributed by atoms with E-state index < -0.39 is 0 Å². The average Bonchev–Trinajstić information content (AvgIpc) is 3.27. The lowest BCUT2D eigenvalue weighted by molar-refractivity contribution is -0.138. The number of nitrogens with zero attached hydrogens (tertiary/aromatic N) is 4. The number of carbonyl (C=O) groups is 1. The topological polar surface area (TPSA) is 63.2 Å². The van der Waals surface area contributed by atoms with E-state index in [1.165, 1.54) is 5.56 Å². The van der Waals surface area contributed by atoms with Crippen LogP contribution in [0.5, 0.6) is 0 Å². The molecule has 1 aromatic rings. The van der Waals surface area contributed by atoms with Crippen molar-refractivity contribution < 1.29 is 4.79 Å². The zero-order valence-corrected chi connectivity index (χ0v) is 22.3. The fraction of sp³-hybridized carbons (Fsp3) is 0.667. The van der Waals surface area contributed by atoms with E-state index >= 15 is 0 Å². The molecule has 8 heteroatoms. The monoisotopic (exact) mass is 556 g/mol. The van der Waals surface area contributed by atoms with Gasteiger partial charge in [0.05, 0.1) is 5.41 Å². The number of nitrogens with one attached hydrogen (secondary N) is 2. The van der Waals surface area contributed by atoms with E-state index in [9.17, 15) is 4.79 Å². The van der Waals surface area contributed by atoms with Gasteiger partial charge in [0.1, 0.15) is 0 Å². The molecule has 0 radical (unpaired) electrons. The molecule has 1 heterocycles. The van der Waals surface area contributed by atoms with Crippen LogP contribution in [0.2, 0.25) is 0 Å². The van der Waals surface area contributed by atoms with Crippen LogP contribution in [-0.4, -0.2) is 93.5 Å².